The van der Waals surface area contributed by atoms with Crippen molar-refractivity contribution in [3.63, 3.8) is 0 Å². The number of amides is 3. The fourth-order valence-corrected chi connectivity index (χ4v) is 2.55. The summed E-state index contributed by atoms with van der Waals surface area (Å²) in [4.78, 5) is 35.9. The van der Waals surface area contributed by atoms with E-state index in [1.165, 1.54) is 12.1 Å². The van der Waals surface area contributed by atoms with Crippen LogP contribution >= 0.6 is 11.6 Å². The minimum Gasteiger partial charge on any atom is -0.508 e. The number of hydrogen-bond donors (Lipinski definition) is 2. The number of benzene rings is 2. The molecule has 2 aromatic carbocycles. The van der Waals surface area contributed by atoms with E-state index in [2.05, 4.69) is 5.32 Å². The summed E-state index contributed by atoms with van der Waals surface area (Å²) in [6, 6.07) is 8.84. The van der Waals surface area contributed by atoms with E-state index in [1.54, 1.807) is 12.1 Å². The molecule has 1 aliphatic heterocycles. The molecule has 2 N–H and O–H groups in total. The molecule has 126 valence electrons. The van der Waals surface area contributed by atoms with Gasteiger partial charge in [-0.05, 0) is 36.4 Å². The number of halogens is 1. The predicted octanol–water partition coefficient (Wildman–Crippen LogP) is 3.05. The molecule has 3 amide bonds. The number of carbonyl (C=O) groups excluding carboxylic acids is 2. The summed E-state index contributed by atoms with van der Waals surface area (Å²) in [5.41, 5.74) is -0.211. The van der Waals surface area contributed by atoms with Gasteiger partial charge in [0.05, 0.1) is 16.2 Å². The normalized spacial score (nSPS) is 15.6. The first kappa shape index (κ1) is 16.5. The molecule has 0 unspecified atom stereocenters. The molecule has 0 saturated carbocycles. The van der Waals surface area contributed by atoms with Gasteiger partial charge in [0.25, 0.3) is 11.6 Å². The Bertz CT molecular complexity index is 941. The van der Waals surface area contributed by atoms with Gasteiger partial charge >= 0.3 is 6.03 Å². The summed E-state index contributed by atoms with van der Waals surface area (Å²) < 4.78 is 0. The zero-order valence-electron chi connectivity index (χ0n) is 12.5. The van der Waals surface area contributed by atoms with Gasteiger partial charge in [0, 0.05) is 11.1 Å². The third kappa shape index (κ3) is 3.15. The number of aromatic hydroxyl groups is 1. The van der Waals surface area contributed by atoms with Crippen molar-refractivity contribution in [3.8, 4) is 5.75 Å². The van der Waals surface area contributed by atoms with Crippen LogP contribution in [0.5, 0.6) is 5.75 Å². The summed E-state index contributed by atoms with van der Waals surface area (Å²) >= 11 is 5.87. The Morgan fingerprint density at radius 1 is 1.20 bits per heavy atom. The van der Waals surface area contributed by atoms with E-state index in [-0.39, 0.29) is 28.4 Å². The van der Waals surface area contributed by atoms with Crippen LogP contribution in [-0.4, -0.2) is 22.0 Å². The van der Waals surface area contributed by atoms with Crippen LogP contribution in [0.25, 0.3) is 6.08 Å². The monoisotopic (exact) mass is 359 g/mol. The number of imide groups is 1. The summed E-state index contributed by atoms with van der Waals surface area (Å²) in [5.74, 6) is -0.897. The Morgan fingerprint density at radius 2 is 1.96 bits per heavy atom. The molecule has 25 heavy (non-hydrogen) atoms. The molecular formula is C16H10ClN3O5. The highest BCUT2D eigenvalue weighted by molar-refractivity contribution is 6.32. The Morgan fingerprint density at radius 3 is 2.64 bits per heavy atom. The average Bonchev–Trinajstić information content (AvgIpc) is 2.81. The maximum absolute atomic E-state index is 12.5. The first-order chi connectivity index (χ1) is 11.9. The summed E-state index contributed by atoms with van der Waals surface area (Å²) in [6.45, 7) is 0. The van der Waals surface area contributed by atoms with E-state index in [0.29, 0.717) is 5.02 Å². The van der Waals surface area contributed by atoms with E-state index >= 15 is 0 Å². The van der Waals surface area contributed by atoms with Crippen LogP contribution in [0, 0.1) is 10.1 Å². The van der Waals surface area contributed by atoms with Crippen molar-refractivity contribution in [2.24, 2.45) is 0 Å². The van der Waals surface area contributed by atoms with Crippen LogP contribution in [-0.2, 0) is 4.79 Å². The largest absolute Gasteiger partial charge is 0.508 e. The third-order valence-electron chi connectivity index (χ3n) is 3.45. The molecule has 3 rings (SSSR count). The quantitative estimate of drug-likeness (QED) is 0.378. The number of rotatable bonds is 3. The first-order valence-electron chi connectivity index (χ1n) is 6.97. The molecule has 2 aromatic rings. The van der Waals surface area contributed by atoms with E-state index in [4.69, 9.17) is 11.6 Å². The first-order valence-corrected chi connectivity index (χ1v) is 7.35. The molecule has 0 bridgehead atoms. The maximum atomic E-state index is 12.5. The standard InChI is InChI=1S/C16H10ClN3O5/c17-10-2-1-3-11(8-10)19-15(22)13(18-16(19)23)7-9-6-12(21)4-5-14(9)20(24)25/h1-8,21H,(H,18,23)/b13-7+. The Balaban J connectivity index is 2.02. The highest BCUT2D eigenvalue weighted by Gasteiger charge is 2.35. The number of phenols is 1. The summed E-state index contributed by atoms with van der Waals surface area (Å²) in [6.07, 6.45) is 1.14. The van der Waals surface area contributed by atoms with Crippen molar-refractivity contribution in [1.29, 1.82) is 0 Å². The Hall–Kier alpha value is -3.39. The highest BCUT2D eigenvalue weighted by Crippen LogP contribution is 2.28. The SMILES string of the molecule is O=C1N/C(=C/c2cc(O)ccc2[N+](=O)[O-])C(=O)N1c1cccc(Cl)c1. The second-order valence-electron chi connectivity index (χ2n) is 5.11. The van der Waals surface area contributed by atoms with Gasteiger partial charge in [-0.1, -0.05) is 17.7 Å². The number of nitrogens with zero attached hydrogens (tertiary/aromatic N) is 2. The lowest BCUT2D eigenvalue weighted by Crippen LogP contribution is -2.30. The van der Waals surface area contributed by atoms with Gasteiger partial charge in [-0.15, -0.1) is 0 Å². The van der Waals surface area contributed by atoms with Gasteiger partial charge in [-0.3, -0.25) is 14.9 Å². The van der Waals surface area contributed by atoms with Gasteiger partial charge in [-0.25, -0.2) is 9.69 Å². The average molecular weight is 360 g/mol. The molecule has 1 saturated heterocycles. The zero-order valence-corrected chi connectivity index (χ0v) is 13.2. The maximum Gasteiger partial charge on any atom is 0.333 e. The second kappa shape index (κ2) is 6.25. The minimum absolute atomic E-state index is 0.0124. The lowest BCUT2D eigenvalue weighted by molar-refractivity contribution is -0.385. The number of urea groups is 1. The lowest BCUT2D eigenvalue weighted by Gasteiger charge is -2.11. The summed E-state index contributed by atoms with van der Waals surface area (Å²) in [7, 11) is 0. The van der Waals surface area contributed by atoms with Crippen molar-refractivity contribution in [1.82, 2.24) is 5.32 Å². The molecule has 9 heteroatoms. The fourth-order valence-electron chi connectivity index (χ4n) is 2.36. The molecule has 1 fully saturated rings. The number of anilines is 1. The van der Waals surface area contributed by atoms with Crippen LogP contribution < -0.4 is 10.2 Å². The number of nitrogens with one attached hydrogen (secondary N) is 1. The topological polar surface area (TPSA) is 113 Å². The number of carbonyl (C=O) groups is 2. The number of phenolic OH excluding ortho intramolecular Hbond substituents is 1. The third-order valence-corrected chi connectivity index (χ3v) is 3.69. The van der Waals surface area contributed by atoms with Crippen LogP contribution in [0.1, 0.15) is 5.56 Å². The van der Waals surface area contributed by atoms with Gasteiger partial charge < -0.3 is 10.4 Å². The van der Waals surface area contributed by atoms with Crippen LogP contribution in [0.3, 0.4) is 0 Å². The van der Waals surface area contributed by atoms with Crippen molar-refractivity contribution in [3.05, 3.63) is 68.9 Å². The van der Waals surface area contributed by atoms with Crippen molar-refractivity contribution < 1.29 is 19.6 Å². The van der Waals surface area contributed by atoms with Crippen molar-refractivity contribution in [2.45, 2.75) is 0 Å². The van der Waals surface area contributed by atoms with Crippen LogP contribution in [0.4, 0.5) is 16.2 Å². The lowest BCUT2D eigenvalue weighted by atomic mass is 10.1. The number of nitro groups is 1. The highest BCUT2D eigenvalue weighted by atomic mass is 35.5. The van der Waals surface area contributed by atoms with E-state index < -0.39 is 16.9 Å². The molecule has 0 aromatic heterocycles. The van der Waals surface area contributed by atoms with E-state index in [0.717, 1.165) is 29.2 Å². The molecule has 0 aliphatic carbocycles. The Kier molecular flexibility index (Phi) is 4.12. The van der Waals surface area contributed by atoms with Gasteiger partial charge in [0.2, 0.25) is 0 Å². The number of nitro benzene ring substituents is 1. The second-order valence-corrected chi connectivity index (χ2v) is 5.55. The molecule has 8 nitrogen and oxygen atoms in total. The molecule has 0 spiro atoms. The van der Waals surface area contributed by atoms with Gasteiger partial charge in [0.15, 0.2) is 0 Å². The molecule has 0 atom stereocenters. The molecule has 0 radical (unpaired) electrons. The van der Waals surface area contributed by atoms with Gasteiger partial charge in [-0.2, -0.15) is 0 Å². The predicted molar refractivity (Wildman–Crippen MR) is 90.2 cm³/mol. The van der Waals surface area contributed by atoms with Crippen LogP contribution in [0.15, 0.2) is 48.2 Å². The fraction of sp³-hybridized carbons (Fsp3) is 0. The van der Waals surface area contributed by atoms with E-state index in [1.807, 2.05) is 0 Å². The van der Waals surface area contributed by atoms with Crippen molar-refractivity contribution in [2.75, 3.05) is 4.90 Å². The smallest absolute Gasteiger partial charge is 0.333 e. The molecule has 1 heterocycles. The number of hydrogen-bond acceptors (Lipinski definition) is 5. The summed E-state index contributed by atoms with van der Waals surface area (Å²) in [5, 5.41) is 23.3. The minimum atomic E-state index is -0.707. The molecule has 1 aliphatic rings. The zero-order chi connectivity index (χ0) is 18.1. The molecular weight excluding hydrogens is 350 g/mol. The van der Waals surface area contributed by atoms with E-state index in [9.17, 15) is 24.8 Å². The van der Waals surface area contributed by atoms with Crippen molar-refractivity contribution >= 4 is 41.0 Å². The Labute approximate surface area is 146 Å². The van der Waals surface area contributed by atoms with Gasteiger partial charge in [0.1, 0.15) is 11.4 Å². The van der Waals surface area contributed by atoms with Crippen LogP contribution in [0.2, 0.25) is 5.02 Å².